The van der Waals surface area contributed by atoms with Crippen LogP contribution in [0.25, 0.3) is 6.08 Å². The van der Waals surface area contributed by atoms with Gasteiger partial charge in [0.05, 0.1) is 17.8 Å². The van der Waals surface area contributed by atoms with E-state index in [1.807, 2.05) is 35.7 Å². The van der Waals surface area contributed by atoms with E-state index in [4.69, 9.17) is 4.74 Å². The number of ether oxygens (including phenoxy) is 1. The lowest BCUT2D eigenvalue weighted by atomic mass is 10.2. The quantitative estimate of drug-likeness (QED) is 0.605. The topological polar surface area (TPSA) is 54.5 Å². The largest absolute Gasteiger partial charge is 0.497 e. The minimum absolute atomic E-state index is 0.201. The summed E-state index contributed by atoms with van der Waals surface area (Å²) < 4.78 is 18.6. The molecule has 0 unspecified atom stereocenters. The highest BCUT2D eigenvalue weighted by Crippen LogP contribution is 2.32. The average molecular weight is 428 g/mol. The van der Waals surface area contributed by atoms with Gasteiger partial charge in [-0.15, -0.1) is 23.1 Å². The molecule has 0 bridgehead atoms. The molecule has 2 aromatic carbocycles. The van der Waals surface area contributed by atoms with Crippen LogP contribution in [-0.2, 0) is 0 Å². The van der Waals surface area contributed by atoms with Crippen LogP contribution in [-0.4, -0.2) is 35.2 Å². The van der Waals surface area contributed by atoms with Crippen LogP contribution in [0.4, 0.5) is 15.2 Å². The van der Waals surface area contributed by atoms with Gasteiger partial charge in [-0.1, -0.05) is 6.07 Å². The summed E-state index contributed by atoms with van der Waals surface area (Å²) in [6.45, 7) is 0.590. The molecule has 1 fully saturated rings. The maximum Gasteiger partial charge on any atom is 0.258 e. The minimum Gasteiger partial charge on any atom is -0.497 e. The molecule has 29 heavy (non-hydrogen) atoms. The summed E-state index contributed by atoms with van der Waals surface area (Å²) in [5, 5.41) is 6.77. The van der Waals surface area contributed by atoms with Crippen LogP contribution in [0, 0.1) is 5.82 Å². The molecule has 0 atom stereocenters. The summed E-state index contributed by atoms with van der Waals surface area (Å²) in [6, 6.07) is 13.4. The minimum atomic E-state index is -0.415. The van der Waals surface area contributed by atoms with Gasteiger partial charge in [0, 0.05) is 28.9 Å². The van der Waals surface area contributed by atoms with Gasteiger partial charge in [0.2, 0.25) is 0 Å². The number of nitrogens with zero attached hydrogens (tertiary/aromatic N) is 2. The predicted octanol–water partition coefficient (Wildman–Crippen LogP) is 5.22. The molecule has 1 aliphatic heterocycles. The molecule has 1 aromatic heterocycles. The fourth-order valence-corrected chi connectivity index (χ4v) is 4.57. The van der Waals surface area contributed by atoms with Crippen LogP contribution in [0.15, 0.2) is 58.9 Å². The van der Waals surface area contributed by atoms with Crippen molar-refractivity contribution in [3.63, 3.8) is 0 Å². The maximum absolute atomic E-state index is 13.5. The first-order valence-electron chi connectivity index (χ1n) is 8.91. The standard InChI is InChI=1S/C21H18FN3O2S2/c1-27-18-7-5-16(6-8-18)23-21-24-17(13-29-21)12-19-25(9-10-28-19)20(26)14-3-2-4-15(22)11-14/h2-8,11-13H,9-10H2,1H3,(H,23,24)/b19-12+. The van der Waals surface area contributed by atoms with Crippen molar-refractivity contribution < 1.29 is 13.9 Å². The van der Waals surface area contributed by atoms with Crippen LogP contribution >= 0.6 is 23.1 Å². The van der Waals surface area contributed by atoms with Crippen molar-refractivity contribution in [2.45, 2.75) is 0 Å². The van der Waals surface area contributed by atoms with Gasteiger partial charge in [0.25, 0.3) is 5.91 Å². The summed E-state index contributed by atoms with van der Waals surface area (Å²) in [6.07, 6.45) is 1.89. The number of thioether (sulfide) groups is 1. The summed E-state index contributed by atoms with van der Waals surface area (Å²) in [4.78, 5) is 19.0. The number of amides is 1. The number of rotatable bonds is 5. The Hall–Kier alpha value is -2.84. The van der Waals surface area contributed by atoms with Crippen LogP contribution < -0.4 is 10.1 Å². The molecular formula is C21H18FN3O2S2. The van der Waals surface area contributed by atoms with E-state index in [9.17, 15) is 9.18 Å². The summed E-state index contributed by atoms with van der Waals surface area (Å²) in [5.74, 6) is 0.976. The molecule has 5 nitrogen and oxygen atoms in total. The number of hydrogen-bond acceptors (Lipinski definition) is 6. The number of hydrogen-bond donors (Lipinski definition) is 1. The van der Waals surface area contributed by atoms with Crippen molar-refractivity contribution in [1.29, 1.82) is 0 Å². The molecule has 0 saturated carbocycles. The Labute approximate surface area is 176 Å². The number of nitrogens with one attached hydrogen (secondary N) is 1. The molecule has 148 valence electrons. The first-order valence-corrected chi connectivity index (χ1v) is 10.8. The highest BCUT2D eigenvalue weighted by molar-refractivity contribution is 8.03. The number of halogens is 1. The first kappa shape index (κ1) is 19.5. The summed E-state index contributed by atoms with van der Waals surface area (Å²) in [7, 11) is 1.63. The summed E-state index contributed by atoms with van der Waals surface area (Å²) >= 11 is 3.08. The van der Waals surface area contributed by atoms with Crippen LogP contribution in [0.5, 0.6) is 5.75 Å². The van der Waals surface area contributed by atoms with Crippen molar-refractivity contribution in [3.8, 4) is 5.75 Å². The Morgan fingerprint density at radius 2 is 2.10 bits per heavy atom. The lowest BCUT2D eigenvalue weighted by Crippen LogP contribution is -2.26. The van der Waals surface area contributed by atoms with E-state index < -0.39 is 5.82 Å². The third kappa shape index (κ3) is 4.60. The second-order valence-corrected chi connectivity index (χ2v) is 8.20. The van der Waals surface area contributed by atoms with Gasteiger partial charge in [-0.2, -0.15) is 0 Å². The van der Waals surface area contributed by atoms with E-state index in [1.54, 1.807) is 35.9 Å². The maximum atomic E-state index is 13.5. The number of methoxy groups -OCH3 is 1. The van der Waals surface area contributed by atoms with Gasteiger partial charge in [0.1, 0.15) is 11.6 Å². The molecule has 1 amide bonds. The fourth-order valence-electron chi connectivity index (χ4n) is 2.86. The van der Waals surface area contributed by atoms with Crippen LogP contribution in [0.3, 0.4) is 0 Å². The normalized spacial score (nSPS) is 15.0. The second kappa shape index (κ2) is 8.67. The number of carbonyl (C=O) groups excluding carboxylic acids is 1. The first-order chi connectivity index (χ1) is 14.1. The zero-order valence-corrected chi connectivity index (χ0v) is 17.2. The van der Waals surface area contributed by atoms with E-state index in [0.29, 0.717) is 12.1 Å². The molecule has 0 radical (unpaired) electrons. The second-order valence-electron chi connectivity index (χ2n) is 6.23. The van der Waals surface area contributed by atoms with Crippen molar-refractivity contribution in [3.05, 3.63) is 76.0 Å². The molecule has 8 heteroatoms. The molecule has 1 N–H and O–H groups in total. The third-order valence-corrected chi connectivity index (χ3v) is 6.08. The Morgan fingerprint density at radius 1 is 1.28 bits per heavy atom. The van der Waals surface area contributed by atoms with Crippen LogP contribution in [0.2, 0.25) is 0 Å². The molecule has 2 heterocycles. The predicted molar refractivity (Wildman–Crippen MR) is 116 cm³/mol. The van der Waals surface area contributed by atoms with Crippen LogP contribution in [0.1, 0.15) is 16.1 Å². The Morgan fingerprint density at radius 3 is 2.86 bits per heavy atom. The number of aromatic nitrogens is 1. The monoisotopic (exact) mass is 427 g/mol. The van der Waals surface area contributed by atoms with Crippen molar-refractivity contribution in [2.75, 3.05) is 24.7 Å². The average Bonchev–Trinajstić information content (AvgIpc) is 3.38. The van der Waals surface area contributed by atoms with Gasteiger partial charge in [-0.3, -0.25) is 4.79 Å². The molecular weight excluding hydrogens is 409 g/mol. The molecule has 1 saturated heterocycles. The fraction of sp³-hybridized carbons (Fsp3) is 0.143. The highest BCUT2D eigenvalue weighted by Gasteiger charge is 2.25. The van der Waals surface area contributed by atoms with Gasteiger partial charge in [0.15, 0.2) is 5.13 Å². The molecule has 0 aliphatic carbocycles. The number of thiazole rings is 1. The van der Waals surface area contributed by atoms with Gasteiger partial charge in [-0.25, -0.2) is 9.37 Å². The highest BCUT2D eigenvalue weighted by atomic mass is 32.2. The molecule has 1 aliphatic rings. The third-order valence-electron chi connectivity index (χ3n) is 4.28. The number of benzene rings is 2. The number of anilines is 2. The van der Waals surface area contributed by atoms with Gasteiger partial charge < -0.3 is 15.0 Å². The van der Waals surface area contributed by atoms with Gasteiger partial charge in [-0.05, 0) is 48.5 Å². The molecule has 0 spiro atoms. The van der Waals surface area contributed by atoms with E-state index in [-0.39, 0.29) is 5.91 Å². The zero-order chi connectivity index (χ0) is 20.2. The lowest BCUT2D eigenvalue weighted by molar-refractivity contribution is 0.0830. The van der Waals surface area contributed by atoms with Crippen molar-refractivity contribution in [1.82, 2.24) is 9.88 Å². The SMILES string of the molecule is COc1ccc(Nc2nc(/C=C3/SCCN3C(=O)c3cccc(F)c3)cs2)cc1. The lowest BCUT2D eigenvalue weighted by Gasteiger charge is -2.16. The summed E-state index contributed by atoms with van der Waals surface area (Å²) in [5.41, 5.74) is 2.03. The smallest absolute Gasteiger partial charge is 0.258 e. The zero-order valence-electron chi connectivity index (χ0n) is 15.6. The van der Waals surface area contributed by atoms with E-state index in [1.165, 1.54) is 23.5 Å². The van der Waals surface area contributed by atoms with Crippen molar-refractivity contribution >= 4 is 45.9 Å². The Kier molecular flexibility index (Phi) is 5.82. The van der Waals surface area contributed by atoms with Crippen molar-refractivity contribution in [2.24, 2.45) is 0 Å². The van der Waals surface area contributed by atoms with E-state index >= 15 is 0 Å². The van der Waals surface area contributed by atoms with E-state index in [0.717, 1.165) is 33.0 Å². The number of carbonyl (C=O) groups is 1. The Balaban J connectivity index is 1.49. The Bertz CT molecular complexity index is 1050. The van der Waals surface area contributed by atoms with E-state index in [2.05, 4.69) is 10.3 Å². The van der Waals surface area contributed by atoms with Gasteiger partial charge >= 0.3 is 0 Å². The molecule has 3 aromatic rings. The molecule has 4 rings (SSSR count).